The third kappa shape index (κ3) is 4.15. The number of carbonyl (C=O) groups excluding carboxylic acids is 1. The monoisotopic (exact) mass is 415 g/mol. The summed E-state index contributed by atoms with van der Waals surface area (Å²) in [7, 11) is 1.71. The molecule has 1 N–H and O–H groups in total. The van der Waals surface area contributed by atoms with Gasteiger partial charge in [0.25, 0.3) is 5.91 Å². The lowest BCUT2D eigenvalue weighted by molar-refractivity contribution is 0.0939. The molecular formula is C26H29N3O2. The van der Waals surface area contributed by atoms with Crippen molar-refractivity contribution in [1.82, 2.24) is 15.2 Å². The second-order valence-corrected chi connectivity index (χ2v) is 8.60. The van der Waals surface area contributed by atoms with E-state index in [9.17, 15) is 4.79 Å². The molecule has 1 aromatic heterocycles. The normalized spacial score (nSPS) is 17.6. The molecule has 2 fully saturated rings. The maximum absolute atomic E-state index is 13.4. The summed E-state index contributed by atoms with van der Waals surface area (Å²) < 4.78 is 5.64. The number of rotatable bonds is 7. The number of pyridine rings is 1. The summed E-state index contributed by atoms with van der Waals surface area (Å²) in [4.78, 5) is 20.6. The van der Waals surface area contributed by atoms with Crippen LogP contribution in [0.5, 0.6) is 5.75 Å². The van der Waals surface area contributed by atoms with Crippen molar-refractivity contribution in [2.45, 2.75) is 37.6 Å². The van der Waals surface area contributed by atoms with Gasteiger partial charge in [0.2, 0.25) is 0 Å². The SMILES string of the molecule is COc1ccccc1C(CNC(=O)c1cc(C2CC2)nc2ccccc12)N1CCCC1. The number of amides is 1. The zero-order valence-electron chi connectivity index (χ0n) is 18.0. The van der Waals surface area contributed by atoms with Gasteiger partial charge in [-0.1, -0.05) is 36.4 Å². The average molecular weight is 416 g/mol. The number of fused-ring (bicyclic) bond motifs is 1. The molecule has 1 atom stereocenters. The number of carbonyl (C=O) groups is 1. The number of methoxy groups -OCH3 is 1. The molecule has 0 spiro atoms. The Morgan fingerprint density at radius 2 is 1.87 bits per heavy atom. The predicted octanol–water partition coefficient (Wildman–Crippen LogP) is 4.69. The van der Waals surface area contributed by atoms with Crippen molar-refractivity contribution in [3.05, 3.63) is 71.4 Å². The van der Waals surface area contributed by atoms with Gasteiger partial charge in [0.15, 0.2) is 0 Å². The standard InChI is InChI=1S/C26H29N3O2/c1-31-25-11-5-3-9-20(25)24(29-14-6-7-15-29)17-27-26(30)21-16-23(18-12-13-18)28-22-10-4-2-8-19(21)22/h2-5,8-11,16,18,24H,6-7,12-15,17H2,1H3,(H,27,30). The molecule has 2 aliphatic rings. The van der Waals surface area contributed by atoms with E-state index in [1.807, 2.05) is 48.5 Å². The van der Waals surface area contributed by atoms with Gasteiger partial charge in [0.05, 0.1) is 24.2 Å². The van der Waals surface area contributed by atoms with Gasteiger partial charge in [-0.15, -0.1) is 0 Å². The fourth-order valence-corrected chi connectivity index (χ4v) is 4.69. The maximum Gasteiger partial charge on any atom is 0.252 e. The van der Waals surface area contributed by atoms with Crippen LogP contribution in [-0.2, 0) is 0 Å². The molecule has 1 saturated heterocycles. The molecule has 5 rings (SSSR count). The molecule has 160 valence electrons. The van der Waals surface area contributed by atoms with Gasteiger partial charge in [-0.3, -0.25) is 14.7 Å². The summed E-state index contributed by atoms with van der Waals surface area (Å²) in [6.45, 7) is 2.64. The minimum atomic E-state index is -0.0282. The van der Waals surface area contributed by atoms with Gasteiger partial charge in [0, 0.05) is 29.1 Å². The summed E-state index contributed by atoms with van der Waals surface area (Å²) in [5.74, 6) is 1.35. The lowest BCUT2D eigenvalue weighted by Crippen LogP contribution is -2.37. The second kappa shape index (κ2) is 8.67. The van der Waals surface area contributed by atoms with E-state index in [4.69, 9.17) is 9.72 Å². The van der Waals surface area contributed by atoms with E-state index in [-0.39, 0.29) is 11.9 Å². The molecule has 2 heterocycles. The molecule has 1 saturated carbocycles. The Balaban J connectivity index is 1.43. The molecule has 5 nitrogen and oxygen atoms in total. The maximum atomic E-state index is 13.4. The van der Waals surface area contributed by atoms with Crippen LogP contribution in [0.3, 0.4) is 0 Å². The molecule has 2 aromatic carbocycles. The van der Waals surface area contributed by atoms with Crippen LogP contribution in [0.4, 0.5) is 0 Å². The number of aromatic nitrogens is 1. The van der Waals surface area contributed by atoms with Crippen molar-refractivity contribution in [3.8, 4) is 5.75 Å². The van der Waals surface area contributed by atoms with E-state index >= 15 is 0 Å². The number of hydrogen-bond donors (Lipinski definition) is 1. The van der Waals surface area contributed by atoms with Crippen molar-refractivity contribution in [2.24, 2.45) is 0 Å². The number of benzene rings is 2. The highest BCUT2D eigenvalue weighted by molar-refractivity contribution is 6.06. The van der Waals surface area contributed by atoms with Crippen LogP contribution >= 0.6 is 0 Å². The molecule has 0 radical (unpaired) electrons. The molecule has 1 aliphatic carbocycles. The third-order valence-corrected chi connectivity index (χ3v) is 6.51. The van der Waals surface area contributed by atoms with Crippen molar-refractivity contribution in [2.75, 3.05) is 26.7 Å². The van der Waals surface area contributed by atoms with Crippen molar-refractivity contribution in [1.29, 1.82) is 0 Å². The Bertz CT molecular complexity index is 1090. The Kier molecular flexibility index (Phi) is 5.60. The predicted molar refractivity (Wildman–Crippen MR) is 123 cm³/mol. The number of likely N-dealkylation sites (tertiary alicyclic amines) is 1. The summed E-state index contributed by atoms with van der Waals surface area (Å²) >= 11 is 0. The zero-order valence-corrected chi connectivity index (χ0v) is 18.0. The fourth-order valence-electron chi connectivity index (χ4n) is 4.69. The number of nitrogens with zero attached hydrogens (tertiary/aromatic N) is 2. The summed E-state index contributed by atoms with van der Waals surface area (Å²) in [5.41, 5.74) is 3.81. The first kappa shape index (κ1) is 20.0. The average Bonchev–Trinajstić information content (AvgIpc) is 3.53. The van der Waals surface area contributed by atoms with Gasteiger partial charge in [-0.25, -0.2) is 0 Å². The van der Waals surface area contributed by atoms with Crippen LogP contribution < -0.4 is 10.1 Å². The minimum Gasteiger partial charge on any atom is -0.496 e. The highest BCUT2D eigenvalue weighted by atomic mass is 16.5. The van der Waals surface area contributed by atoms with Crippen LogP contribution in [-0.4, -0.2) is 42.5 Å². The number of hydrogen-bond acceptors (Lipinski definition) is 4. The Morgan fingerprint density at radius 1 is 1.13 bits per heavy atom. The van der Waals surface area contributed by atoms with Gasteiger partial charge in [-0.05, 0) is 57.0 Å². The third-order valence-electron chi connectivity index (χ3n) is 6.51. The largest absolute Gasteiger partial charge is 0.496 e. The fraction of sp³-hybridized carbons (Fsp3) is 0.385. The molecular weight excluding hydrogens is 386 g/mol. The molecule has 0 bridgehead atoms. The van der Waals surface area contributed by atoms with E-state index < -0.39 is 0 Å². The van der Waals surface area contributed by atoms with Crippen LogP contribution in [0.25, 0.3) is 10.9 Å². The van der Waals surface area contributed by atoms with Gasteiger partial charge in [0.1, 0.15) is 5.75 Å². The second-order valence-electron chi connectivity index (χ2n) is 8.60. The molecule has 1 unspecified atom stereocenters. The van der Waals surface area contributed by atoms with Crippen LogP contribution in [0.1, 0.15) is 59.3 Å². The Morgan fingerprint density at radius 3 is 2.65 bits per heavy atom. The van der Waals surface area contributed by atoms with Gasteiger partial charge >= 0.3 is 0 Å². The topological polar surface area (TPSA) is 54.5 Å². The molecule has 3 aromatic rings. The number of ether oxygens (including phenoxy) is 1. The lowest BCUT2D eigenvalue weighted by atomic mass is 10.0. The minimum absolute atomic E-state index is 0.0282. The zero-order chi connectivity index (χ0) is 21.2. The van der Waals surface area contributed by atoms with Gasteiger partial charge in [-0.2, -0.15) is 0 Å². The first-order chi connectivity index (χ1) is 15.2. The number of nitrogens with one attached hydrogen (secondary N) is 1. The smallest absolute Gasteiger partial charge is 0.252 e. The van der Waals surface area contributed by atoms with Crippen LogP contribution in [0.15, 0.2) is 54.6 Å². The molecule has 31 heavy (non-hydrogen) atoms. The van der Waals surface area contributed by atoms with E-state index in [0.717, 1.165) is 59.4 Å². The van der Waals surface area contributed by atoms with E-state index in [2.05, 4.69) is 16.3 Å². The summed E-state index contributed by atoms with van der Waals surface area (Å²) in [6.07, 6.45) is 4.72. The quantitative estimate of drug-likeness (QED) is 0.608. The molecule has 1 amide bonds. The van der Waals surface area contributed by atoms with Crippen molar-refractivity contribution < 1.29 is 9.53 Å². The Hall–Kier alpha value is -2.92. The van der Waals surface area contributed by atoms with E-state index in [1.54, 1.807) is 7.11 Å². The highest BCUT2D eigenvalue weighted by Crippen LogP contribution is 2.40. The molecule has 5 heteroatoms. The van der Waals surface area contributed by atoms with Gasteiger partial charge < -0.3 is 10.1 Å². The van der Waals surface area contributed by atoms with Crippen LogP contribution in [0.2, 0.25) is 0 Å². The van der Waals surface area contributed by atoms with Crippen LogP contribution in [0, 0.1) is 0 Å². The first-order valence-corrected chi connectivity index (χ1v) is 11.3. The Labute approximate surface area is 183 Å². The van der Waals surface area contributed by atoms with E-state index in [1.165, 1.54) is 12.8 Å². The summed E-state index contributed by atoms with van der Waals surface area (Å²) in [5, 5.41) is 4.16. The summed E-state index contributed by atoms with van der Waals surface area (Å²) in [6, 6.07) is 18.2. The highest BCUT2D eigenvalue weighted by Gasteiger charge is 2.29. The number of para-hydroxylation sites is 2. The first-order valence-electron chi connectivity index (χ1n) is 11.3. The lowest BCUT2D eigenvalue weighted by Gasteiger charge is -2.29. The van der Waals surface area contributed by atoms with Crippen molar-refractivity contribution in [3.63, 3.8) is 0 Å². The van der Waals surface area contributed by atoms with Crippen molar-refractivity contribution >= 4 is 16.8 Å². The van der Waals surface area contributed by atoms with E-state index in [0.29, 0.717) is 12.5 Å². The molecule has 1 aliphatic heterocycles.